The SMILES string of the molecule is CCc1ccc([C@@H]2CC[C@@H](C(=O)N(C)Cc3ccccc3)CN2C(=O)COC)cc1. The zero-order valence-corrected chi connectivity index (χ0v) is 18.2. The Balaban J connectivity index is 1.73. The lowest BCUT2D eigenvalue weighted by molar-refractivity contribution is -0.145. The first-order valence-corrected chi connectivity index (χ1v) is 10.7. The van der Waals surface area contributed by atoms with E-state index in [1.807, 2.05) is 42.3 Å². The Bertz CT molecular complexity index is 835. The molecule has 1 saturated heterocycles. The van der Waals surface area contributed by atoms with Gasteiger partial charge in [0.1, 0.15) is 6.61 Å². The molecule has 0 N–H and O–H groups in total. The molecule has 0 saturated carbocycles. The third kappa shape index (κ3) is 5.28. The zero-order valence-electron chi connectivity index (χ0n) is 18.2. The number of likely N-dealkylation sites (tertiary alicyclic amines) is 1. The van der Waals surface area contributed by atoms with E-state index in [0.717, 1.165) is 30.4 Å². The standard InChI is InChI=1S/C25H32N2O3/c1-4-19-10-12-21(13-11-19)23-15-14-22(17-27(23)24(28)18-30-3)25(29)26(2)16-20-8-6-5-7-9-20/h5-13,22-23H,4,14-18H2,1-3H3/t22-,23+/m1/s1. The lowest BCUT2D eigenvalue weighted by Gasteiger charge is -2.40. The van der Waals surface area contributed by atoms with Crippen molar-refractivity contribution in [3.8, 4) is 0 Å². The number of carbonyl (C=O) groups excluding carboxylic acids is 2. The second kappa shape index (κ2) is 10.4. The first-order chi connectivity index (χ1) is 14.5. The summed E-state index contributed by atoms with van der Waals surface area (Å²) >= 11 is 0. The molecule has 2 amide bonds. The Hall–Kier alpha value is -2.66. The largest absolute Gasteiger partial charge is 0.375 e. The number of rotatable bonds is 7. The maximum atomic E-state index is 13.1. The van der Waals surface area contributed by atoms with Gasteiger partial charge in [-0.05, 0) is 36.0 Å². The van der Waals surface area contributed by atoms with Gasteiger partial charge in [-0.15, -0.1) is 0 Å². The van der Waals surface area contributed by atoms with E-state index >= 15 is 0 Å². The van der Waals surface area contributed by atoms with Crippen LogP contribution in [0.5, 0.6) is 0 Å². The molecule has 0 aromatic heterocycles. The number of aryl methyl sites for hydroxylation is 1. The molecule has 1 aliphatic heterocycles. The number of carbonyl (C=O) groups is 2. The first-order valence-electron chi connectivity index (χ1n) is 10.7. The second-order valence-corrected chi connectivity index (χ2v) is 8.04. The van der Waals surface area contributed by atoms with Crippen LogP contribution < -0.4 is 0 Å². The lowest BCUT2D eigenvalue weighted by Crippen LogP contribution is -2.48. The number of benzene rings is 2. The van der Waals surface area contributed by atoms with Crippen LogP contribution >= 0.6 is 0 Å². The molecule has 0 unspecified atom stereocenters. The highest BCUT2D eigenvalue weighted by molar-refractivity contribution is 5.82. The van der Waals surface area contributed by atoms with Gasteiger partial charge in [-0.1, -0.05) is 61.5 Å². The van der Waals surface area contributed by atoms with Crippen molar-refractivity contribution in [2.24, 2.45) is 5.92 Å². The number of hydrogen-bond donors (Lipinski definition) is 0. The van der Waals surface area contributed by atoms with E-state index in [2.05, 4.69) is 31.2 Å². The van der Waals surface area contributed by atoms with Gasteiger partial charge in [0.25, 0.3) is 0 Å². The van der Waals surface area contributed by atoms with E-state index < -0.39 is 0 Å². The Morgan fingerprint density at radius 2 is 1.73 bits per heavy atom. The molecule has 2 aromatic rings. The summed E-state index contributed by atoms with van der Waals surface area (Å²) in [6, 6.07) is 18.4. The third-order valence-electron chi connectivity index (χ3n) is 5.93. The summed E-state index contributed by atoms with van der Waals surface area (Å²) in [5, 5.41) is 0. The van der Waals surface area contributed by atoms with Crippen LogP contribution in [0.4, 0.5) is 0 Å². The van der Waals surface area contributed by atoms with E-state index in [1.165, 1.54) is 12.7 Å². The number of amides is 2. The maximum absolute atomic E-state index is 13.1. The quantitative estimate of drug-likeness (QED) is 0.700. The zero-order chi connectivity index (χ0) is 21.5. The molecule has 160 valence electrons. The average Bonchev–Trinajstić information content (AvgIpc) is 2.79. The Kier molecular flexibility index (Phi) is 7.63. The minimum atomic E-state index is -0.189. The Morgan fingerprint density at radius 3 is 2.37 bits per heavy atom. The molecular formula is C25H32N2O3. The molecule has 1 fully saturated rings. The van der Waals surface area contributed by atoms with Crippen molar-refractivity contribution < 1.29 is 14.3 Å². The Morgan fingerprint density at radius 1 is 1.03 bits per heavy atom. The van der Waals surface area contributed by atoms with Gasteiger partial charge in [-0.2, -0.15) is 0 Å². The topological polar surface area (TPSA) is 49.9 Å². The summed E-state index contributed by atoms with van der Waals surface area (Å²) < 4.78 is 5.11. The van der Waals surface area contributed by atoms with Gasteiger partial charge < -0.3 is 14.5 Å². The molecule has 0 radical (unpaired) electrons. The summed E-state index contributed by atoms with van der Waals surface area (Å²) in [5.74, 6) is -0.162. The van der Waals surface area contributed by atoms with Crippen LogP contribution in [0.25, 0.3) is 0 Å². The molecule has 0 aliphatic carbocycles. The van der Waals surface area contributed by atoms with Crippen molar-refractivity contribution >= 4 is 11.8 Å². The van der Waals surface area contributed by atoms with Crippen LogP contribution in [0, 0.1) is 5.92 Å². The van der Waals surface area contributed by atoms with E-state index in [9.17, 15) is 9.59 Å². The van der Waals surface area contributed by atoms with Crippen molar-refractivity contribution in [3.63, 3.8) is 0 Å². The molecule has 5 nitrogen and oxygen atoms in total. The van der Waals surface area contributed by atoms with Crippen LogP contribution in [0.15, 0.2) is 54.6 Å². The fourth-order valence-electron chi connectivity index (χ4n) is 4.22. The number of ether oxygens (including phenoxy) is 1. The van der Waals surface area contributed by atoms with Gasteiger partial charge in [0, 0.05) is 27.2 Å². The van der Waals surface area contributed by atoms with Crippen LogP contribution in [-0.4, -0.2) is 48.9 Å². The minimum Gasteiger partial charge on any atom is -0.375 e. The Labute approximate surface area is 179 Å². The molecule has 0 bridgehead atoms. The van der Waals surface area contributed by atoms with Crippen LogP contribution in [0.2, 0.25) is 0 Å². The molecule has 5 heteroatoms. The predicted molar refractivity (Wildman–Crippen MR) is 118 cm³/mol. The number of piperidine rings is 1. The fraction of sp³-hybridized carbons (Fsp3) is 0.440. The molecule has 1 aliphatic rings. The smallest absolute Gasteiger partial charge is 0.249 e. The number of methoxy groups -OCH3 is 1. The van der Waals surface area contributed by atoms with Gasteiger partial charge in [-0.3, -0.25) is 9.59 Å². The maximum Gasteiger partial charge on any atom is 0.249 e. The molecule has 0 spiro atoms. The highest BCUT2D eigenvalue weighted by Gasteiger charge is 2.36. The van der Waals surface area contributed by atoms with Crippen molar-refractivity contribution in [1.29, 1.82) is 0 Å². The van der Waals surface area contributed by atoms with Gasteiger partial charge >= 0.3 is 0 Å². The van der Waals surface area contributed by atoms with Crippen molar-refractivity contribution in [2.45, 2.75) is 38.8 Å². The van der Waals surface area contributed by atoms with Gasteiger partial charge in [-0.25, -0.2) is 0 Å². The fourth-order valence-corrected chi connectivity index (χ4v) is 4.22. The lowest BCUT2D eigenvalue weighted by atomic mass is 9.87. The third-order valence-corrected chi connectivity index (χ3v) is 5.93. The number of nitrogens with zero attached hydrogens (tertiary/aromatic N) is 2. The van der Waals surface area contributed by atoms with Crippen molar-refractivity contribution in [1.82, 2.24) is 9.80 Å². The van der Waals surface area contributed by atoms with Crippen LogP contribution in [0.3, 0.4) is 0 Å². The first kappa shape index (κ1) is 22.0. The summed E-state index contributed by atoms with van der Waals surface area (Å²) in [7, 11) is 3.37. The van der Waals surface area contributed by atoms with Crippen molar-refractivity contribution in [3.05, 3.63) is 71.3 Å². The molecule has 1 heterocycles. The van der Waals surface area contributed by atoms with E-state index in [-0.39, 0.29) is 30.4 Å². The summed E-state index contributed by atoms with van der Waals surface area (Å²) in [5.41, 5.74) is 3.51. The van der Waals surface area contributed by atoms with Gasteiger partial charge in [0.05, 0.1) is 12.0 Å². The summed E-state index contributed by atoms with van der Waals surface area (Å²) in [4.78, 5) is 29.5. The van der Waals surface area contributed by atoms with Crippen LogP contribution in [0.1, 0.15) is 42.5 Å². The van der Waals surface area contributed by atoms with E-state index in [0.29, 0.717) is 13.1 Å². The summed E-state index contributed by atoms with van der Waals surface area (Å²) in [6.45, 7) is 3.17. The summed E-state index contributed by atoms with van der Waals surface area (Å²) in [6.07, 6.45) is 2.53. The molecule has 2 aromatic carbocycles. The van der Waals surface area contributed by atoms with Crippen LogP contribution in [-0.2, 0) is 27.3 Å². The van der Waals surface area contributed by atoms with Gasteiger partial charge in [0.15, 0.2) is 0 Å². The second-order valence-electron chi connectivity index (χ2n) is 8.04. The van der Waals surface area contributed by atoms with E-state index in [1.54, 1.807) is 4.90 Å². The number of hydrogen-bond acceptors (Lipinski definition) is 3. The normalized spacial score (nSPS) is 18.8. The van der Waals surface area contributed by atoms with Crippen molar-refractivity contribution in [2.75, 3.05) is 27.3 Å². The molecule has 30 heavy (non-hydrogen) atoms. The highest BCUT2D eigenvalue weighted by atomic mass is 16.5. The molecule has 2 atom stereocenters. The predicted octanol–water partition coefficient (Wildman–Crippen LogP) is 3.83. The molecular weight excluding hydrogens is 376 g/mol. The van der Waals surface area contributed by atoms with Gasteiger partial charge in [0.2, 0.25) is 11.8 Å². The van der Waals surface area contributed by atoms with E-state index in [4.69, 9.17) is 4.74 Å². The monoisotopic (exact) mass is 408 g/mol. The highest BCUT2D eigenvalue weighted by Crippen LogP contribution is 2.34. The molecule has 3 rings (SSSR count). The minimum absolute atomic E-state index is 0.0120. The average molecular weight is 409 g/mol.